The van der Waals surface area contributed by atoms with Crippen LogP contribution in [0.15, 0.2) is 412 Å². The fourth-order valence-corrected chi connectivity index (χ4v) is 18.7. The average Bonchev–Trinajstić information content (AvgIpc) is 1.56. The lowest BCUT2D eigenvalue weighted by Gasteiger charge is -2.16. The number of aromatic nitrogens is 5. The van der Waals surface area contributed by atoms with Crippen molar-refractivity contribution in [2.45, 2.75) is 14.9 Å². The predicted molar refractivity (Wildman–Crippen MR) is 528 cm³/mol. The Labute approximate surface area is 741 Å². The van der Waals surface area contributed by atoms with Gasteiger partial charge in [0.15, 0.2) is 0 Å². The third-order valence-electron chi connectivity index (χ3n) is 23.2. The summed E-state index contributed by atoms with van der Waals surface area (Å²) < 4.78 is 34.6. The highest BCUT2D eigenvalue weighted by molar-refractivity contribution is 9.10. The molecule has 18 aromatic carbocycles. The largest absolute Gasteiger partial charge is 0.455 e. The van der Waals surface area contributed by atoms with Crippen molar-refractivity contribution in [3.8, 4) is 68.7 Å². The topological polar surface area (TPSA) is 144 Å². The Kier molecular flexibility index (Phi) is 21.3. The zero-order chi connectivity index (χ0) is 83.5. The predicted octanol–water partition coefficient (Wildman–Crippen LogP) is 32.3. The van der Waals surface area contributed by atoms with E-state index >= 15 is 0 Å². The van der Waals surface area contributed by atoms with Crippen molar-refractivity contribution in [2.75, 3.05) is 0 Å². The minimum absolute atomic E-state index is 0. The zero-order valence-corrected chi connectivity index (χ0v) is 69.3. The normalized spacial score (nSPS) is 11.1. The number of fused-ring (bicyclic) bond motifs is 23. The minimum Gasteiger partial charge on any atom is -0.455 e. The summed E-state index contributed by atoms with van der Waals surface area (Å²) in [5.74, 6) is -0.299. The maximum atomic E-state index is 13.2. The van der Waals surface area contributed by atoms with Crippen LogP contribution in [-0.4, -0.2) is 23.7 Å². The molecule has 126 heavy (non-hydrogen) atoms. The summed E-state index contributed by atoms with van der Waals surface area (Å²) in [5, 5.41) is 44.5. The van der Waals surface area contributed by atoms with Crippen molar-refractivity contribution in [3.63, 3.8) is 0 Å². The standard InChI is InChI=1S/C43H25N3O.C25H15BrN2.C18H11NO.C13H7BrFN.C12H9N.2CH4/c44-26-27-10-9-11-28(22-27)29-23-30(45-37-16-5-1-12-32(37)33-13-2-6-17-38(33)45)25-31(24-29)46-39-18-7-3-15-36(39)42-40(46)21-20-35-34-14-4-8-19-41(34)47-43(35)42;26-20-13-19(18-7-5-6-17(12-18)16-27)14-21(15-20)28-24-10-3-1-8-22(24)23-9-2-4-11-25(23)28;1-3-7-14-13(6-1)17-15(19-14)10-9-12-11-5-2-4-8-16(11)20-18(12)17;14-12-5-11(6-13(15)7-12)10-3-1-2-9(4-10)8-16;1-3-7-11-9(5-1)10-6-2-4-8-12(10)13-11;;/h1-25H;1-15H;1-10,19H;1-7H;1-8,13H;2*1H4. The van der Waals surface area contributed by atoms with Gasteiger partial charge in [-0.1, -0.05) is 265 Å². The van der Waals surface area contributed by atoms with E-state index in [4.69, 9.17) is 14.1 Å². The Hall–Kier alpha value is -16.1. The number of nitriles is 3. The van der Waals surface area contributed by atoms with Crippen LogP contribution in [0.4, 0.5) is 4.39 Å². The second kappa shape index (κ2) is 33.7. The van der Waals surface area contributed by atoms with Gasteiger partial charge in [-0.25, -0.2) is 4.39 Å². The molecule has 7 heterocycles. The Morgan fingerprint density at radius 1 is 0.246 bits per heavy atom. The summed E-state index contributed by atoms with van der Waals surface area (Å²) >= 11 is 6.92. The van der Waals surface area contributed by atoms with Gasteiger partial charge in [0.2, 0.25) is 0 Å². The van der Waals surface area contributed by atoms with E-state index < -0.39 is 0 Å². The molecule has 0 unspecified atom stereocenters. The third kappa shape index (κ3) is 14.5. The molecule has 0 spiro atoms. The lowest BCUT2D eigenvalue weighted by molar-refractivity contribution is 0.627. The summed E-state index contributed by atoms with van der Waals surface area (Å²) in [4.78, 5) is 6.83. The van der Waals surface area contributed by atoms with Gasteiger partial charge in [-0.2, -0.15) is 15.8 Å². The molecule has 0 atom stereocenters. The van der Waals surface area contributed by atoms with Gasteiger partial charge in [0, 0.05) is 107 Å². The molecule has 0 saturated heterocycles. The van der Waals surface area contributed by atoms with Crippen LogP contribution >= 0.6 is 31.9 Å². The van der Waals surface area contributed by atoms with Crippen molar-refractivity contribution in [1.29, 1.82) is 15.8 Å². The maximum Gasteiger partial charge on any atom is 0.145 e. The van der Waals surface area contributed by atoms with Gasteiger partial charge in [-0.05, 0) is 209 Å². The molecule has 0 amide bonds. The molecule has 0 aliphatic rings. The fraction of sp³-hybridized carbons (Fsp3) is 0.0177. The average molecular weight is 1760 g/mol. The van der Waals surface area contributed by atoms with Crippen LogP contribution in [0.1, 0.15) is 31.5 Å². The maximum absolute atomic E-state index is 13.2. The van der Waals surface area contributed by atoms with Crippen LogP contribution in [-0.2, 0) is 0 Å². The molecule has 0 bridgehead atoms. The number of hydrogen-bond donors (Lipinski definition) is 2. The first-order chi connectivity index (χ1) is 61.1. The van der Waals surface area contributed by atoms with Crippen molar-refractivity contribution >= 4 is 185 Å². The number of nitrogens with zero attached hydrogens (tertiary/aromatic N) is 6. The van der Waals surface area contributed by atoms with Crippen molar-refractivity contribution in [3.05, 3.63) is 426 Å². The molecule has 7 aromatic heterocycles. The molecule has 13 heteroatoms. The second-order valence-electron chi connectivity index (χ2n) is 30.5. The highest BCUT2D eigenvalue weighted by Crippen LogP contribution is 2.45. The zero-order valence-electron chi connectivity index (χ0n) is 66.2. The first-order valence-electron chi connectivity index (χ1n) is 40.6. The van der Waals surface area contributed by atoms with E-state index in [0.717, 1.165) is 132 Å². The smallest absolute Gasteiger partial charge is 0.145 e. The monoisotopic (exact) mass is 1750 g/mol. The van der Waals surface area contributed by atoms with Gasteiger partial charge in [-0.3, -0.25) is 0 Å². The number of para-hydroxylation sites is 10. The van der Waals surface area contributed by atoms with E-state index in [0.29, 0.717) is 21.2 Å². The van der Waals surface area contributed by atoms with Gasteiger partial charge >= 0.3 is 0 Å². The molecule has 0 aliphatic heterocycles. The number of nitrogens with one attached hydrogen (secondary N) is 2. The number of aromatic amines is 2. The number of halogens is 3. The molecule has 0 fully saturated rings. The van der Waals surface area contributed by atoms with Gasteiger partial charge in [0.25, 0.3) is 0 Å². The van der Waals surface area contributed by atoms with Gasteiger partial charge in [0.1, 0.15) is 28.1 Å². The number of hydrogen-bond acceptors (Lipinski definition) is 5. The summed E-state index contributed by atoms with van der Waals surface area (Å²) in [6.45, 7) is 0. The van der Waals surface area contributed by atoms with Crippen LogP contribution in [0.5, 0.6) is 0 Å². The van der Waals surface area contributed by atoms with E-state index in [2.05, 4.69) is 353 Å². The minimum atomic E-state index is -0.299. The SMILES string of the molecule is C.C.N#Cc1cccc(-c2cc(-n3c4ccccc4c4ccccc43)cc(-n3c4ccccc4c4c5oc6ccccc6c5ccc43)c2)c1.N#Cc1cccc(-c2cc(Br)cc(-n3c4ccccc4c4ccccc43)c2)c1.N#Cc1cccc(-c2cc(F)cc(Br)c2)c1.c1ccc2c(c1)[nH]c1ccc3c4ccccc4oc3c12.c1ccc2c(c1)[nH]c1ccccc12. The molecule has 0 radical (unpaired) electrons. The molecule has 0 saturated carbocycles. The summed E-state index contributed by atoms with van der Waals surface area (Å²) in [7, 11) is 0. The lowest BCUT2D eigenvalue weighted by Crippen LogP contribution is -2.00. The van der Waals surface area contributed by atoms with Crippen LogP contribution in [0, 0.1) is 39.8 Å². The highest BCUT2D eigenvalue weighted by atomic mass is 79.9. The Morgan fingerprint density at radius 3 is 1.03 bits per heavy atom. The van der Waals surface area contributed by atoms with E-state index in [1.807, 2.05) is 84.9 Å². The van der Waals surface area contributed by atoms with Crippen molar-refractivity contribution < 1.29 is 13.2 Å². The van der Waals surface area contributed by atoms with E-state index in [-0.39, 0.29) is 20.7 Å². The van der Waals surface area contributed by atoms with Gasteiger partial charge < -0.3 is 32.5 Å². The summed E-state index contributed by atoms with van der Waals surface area (Å²) in [5.41, 5.74) is 26.0. The van der Waals surface area contributed by atoms with Crippen LogP contribution < -0.4 is 0 Å². The van der Waals surface area contributed by atoms with E-state index in [1.54, 1.807) is 18.2 Å². The van der Waals surface area contributed by atoms with Crippen LogP contribution in [0.3, 0.4) is 0 Å². The molecule has 10 nitrogen and oxygen atoms in total. The number of rotatable bonds is 6. The number of benzene rings is 18. The summed E-state index contributed by atoms with van der Waals surface area (Å²) in [6.07, 6.45) is 0. The highest BCUT2D eigenvalue weighted by Gasteiger charge is 2.23. The molecule has 2 N–H and O–H groups in total. The van der Waals surface area contributed by atoms with Crippen molar-refractivity contribution in [1.82, 2.24) is 23.7 Å². The Morgan fingerprint density at radius 2 is 0.579 bits per heavy atom. The fourth-order valence-electron chi connectivity index (χ4n) is 17.7. The second-order valence-corrected chi connectivity index (χ2v) is 32.4. The quantitative estimate of drug-likeness (QED) is 0.170. The summed E-state index contributed by atoms with van der Waals surface area (Å²) in [6, 6.07) is 140. The Balaban J connectivity index is 0.000000112. The molecular weight excluding hydrogens is 1680 g/mol. The van der Waals surface area contributed by atoms with Gasteiger partial charge in [-0.15, -0.1) is 0 Å². The first kappa shape index (κ1) is 79.7. The molecule has 25 rings (SSSR count). The molecular formula is C113H75Br2FN8O2. The molecule has 600 valence electrons. The van der Waals surface area contributed by atoms with Crippen molar-refractivity contribution in [2.24, 2.45) is 0 Å². The van der Waals surface area contributed by atoms with Gasteiger partial charge in [0.05, 0.1) is 84.3 Å². The number of furan rings is 2. The van der Waals surface area contributed by atoms with Crippen LogP contribution in [0.25, 0.3) is 203 Å². The third-order valence-corrected chi connectivity index (χ3v) is 24.1. The van der Waals surface area contributed by atoms with E-state index in [1.165, 1.54) is 88.1 Å². The van der Waals surface area contributed by atoms with Crippen LogP contribution in [0.2, 0.25) is 0 Å². The first-order valence-corrected chi connectivity index (χ1v) is 42.2. The molecule has 25 aromatic rings. The Bertz CT molecular complexity index is 8530. The molecule has 0 aliphatic carbocycles. The lowest BCUT2D eigenvalue weighted by atomic mass is 10.0. The number of H-pyrrole nitrogens is 2. The van der Waals surface area contributed by atoms with E-state index in [9.17, 15) is 14.9 Å².